The molecular weight excluding hydrogens is 479 g/mol. The lowest BCUT2D eigenvalue weighted by atomic mass is 9.95. The summed E-state index contributed by atoms with van der Waals surface area (Å²) in [5.41, 5.74) is 1.43. The van der Waals surface area contributed by atoms with Gasteiger partial charge in [0.1, 0.15) is 19.0 Å². The van der Waals surface area contributed by atoms with Crippen molar-refractivity contribution in [1.29, 1.82) is 0 Å². The highest BCUT2D eigenvalue weighted by Crippen LogP contribution is 2.44. The second kappa shape index (κ2) is 9.00. The van der Waals surface area contributed by atoms with Crippen LogP contribution in [0.3, 0.4) is 0 Å². The van der Waals surface area contributed by atoms with Crippen LogP contribution in [0.2, 0.25) is 10.0 Å². The first-order chi connectivity index (χ1) is 16.4. The number of benzene rings is 2. The van der Waals surface area contributed by atoms with E-state index in [-0.39, 0.29) is 22.9 Å². The number of Topliss-reactive ketones (excluding diaryl/α,β-unsaturated/α-hetero) is 1. The maximum Gasteiger partial charge on any atom is 0.295 e. The lowest BCUT2D eigenvalue weighted by Crippen LogP contribution is -2.29. The fourth-order valence-corrected chi connectivity index (χ4v) is 4.64. The van der Waals surface area contributed by atoms with Gasteiger partial charge in [-0.1, -0.05) is 35.3 Å². The second-order valence-electron chi connectivity index (χ2n) is 7.81. The van der Waals surface area contributed by atoms with Gasteiger partial charge < -0.3 is 19.5 Å². The summed E-state index contributed by atoms with van der Waals surface area (Å²) < 4.78 is 11.1. The zero-order chi connectivity index (χ0) is 23.8. The lowest BCUT2D eigenvalue weighted by Gasteiger charge is -2.26. The smallest absolute Gasteiger partial charge is 0.295 e. The number of amides is 1. The van der Waals surface area contributed by atoms with Crippen molar-refractivity contribution in [2.45, 2.75) is 12.6 Å². The Bertz CT molecular complexity index is 1330. The summed E-state index contributed by atoms with van der Waals surface area (Å²) in [5, 5.41) is 11.9. The third kappa shape index (κ3) is 3.97. The van der Waals surface area contributed by atoms with Gasteiger partial charge >= 0.3 is 0 Å². The Morgan fingerprint density at radius 1 is 1.06 bits per heavy atom. The Hall–Kier alpha value is -3.55. The minimum absolute atomic E-state index is 0.0743. The van der Waals surface area contributed by atoms with E-state index in [4.69, 9.17) is 32.7 Å². The van der Waals surface area contributed by atoms with Crippen molar-refractivity contribution in [2.75, 3.05) is 13.2 Å². The molecule has 7 nitrogen and oxygen atoms in total. The van der Waals surface area contributed by atoms with Crippen molar-refractivity contribution in [1.82, 2.24) is 9.88 Å². The van der Waals surface area contributed by atoms with E-state index in [1.165, 1.54) is 11.0 Å². The molecule has 0 unspecified atom stereocenters. The number of carbonyl (C=O) groups is 2. The summed E-state index contributed by atoms with van der Waals surface area (Å²) in [6, 6.07) is 12.3. The molecule has 1 amide bonds. The van der Waals surface area contributed by atoms with Crippen LogP contribution in [-0.2, 0) is 16.1 Å². The van der Waals surface area contributed by atoms with Crippen molar-refractivity contribution < 1.29 is 24.2 Å². The van der Waals surface area contributed by atoms with E-state index in [0.717, 1.165) is 5.56 Å². The highest BCUT2D eigenvalue weighted by atomic mass is 35.5. The van der Waals surface area contributed by atoms with Crippen LogP contribution in [0.5, 0.6) is 11.5 Å². The van der Waals surface area contributed by atoms with E-state index in [1.54, 1.807) is 54.9 Å². The van der Waals surface area contributed by atoms with Gasteiger partial charge in [-0.25, -0.2) is 0 Å². The van der Waals surface area contributed by atoms with Crippen molar-refractivity contribution in [3.63, 3.8) is 0 Å². The van der Waals surface area contributed by atoms with Gasteiger partial charge in [-0.15, -0.1) is 0 Å². The molecule has 3 aromatic rings. The molecule has 2 aliphatic rings. The van der Waals surface area contributed by atoms with Gasteiger partial charge in [-0.05, 0) is 47.5 Å². The number of aromatic nitrogens is 1. The highest BCUT2D eigenvalue weighted by molar-refractivity contribution is 6.47. The van der Waals surface area contributed by atoms with Crippen molar-refractivity contribution >= 4 is 40.7 Å². The average Bonchev–Trinajstić information content (AvgIpc) is 3.09. The minimum Gasteiger partial charge on any atom is -0.507 e. The molecule has 2 aromatic carbocycles. The number of rotatable bonds is 4. The first-order valence-electron chi connectivity index (χ1n) is 10.5. The summed E-state index contributed by atoms with van der Waals surface area (Å²) in [6.45, 7) is 0.889. The molecule has 0 radical (unpaired) electrons. The summed E-state index contributed by atoms with van der Waals surface area (Å²) in [7, 11) is 0. The van der Waals surface area contributed by atoms with E-state index < -0.39 is 17.7 Å². The van der Waals surface area contributed by atoms with Crippen LogP contribution >= 0.6 is 23.2 Å². The second-order valence-corrected chi connectivity index (χ2v) is 8.66. The fourth-order valence-electron chi connectivity index (χ4n) is 4.12. The van der Waals surface area contributed by atoms with Gasteiger partial charge in [0.2, 0.25) is 0 Å². The van der Waals surface area contributed by atoms with E-state index in [9.17, 15) is 14.7 Å². The number of fused-ring (bicyclic) bond motifs is 1. The summed E-state index contributed by atoms with van der Waals surface area (Å²) in [4.78, 5) is 31.8. The van der Waals surface area contributed by atoms with Crippen molar-refractivity contribution in [3.05, 3.63) is 93.2 Å². The molecule has 0 spiro atoms. The molecule has 0 bridgehead atoms. The van der Waals surface area contributed by atoms with Gasteiger partial charge in [-0.3, -0.25) is 14.6 Å². The van der Waals surface area contributed by atoms with Gasteiger partial charge in [0.05, 0.1) is 11.6 Å². The monoisotopic (exact) mass is 496 g/mol. The van der Waals surface area contributed by atoms with Crippen molar-refractivity contribution in [3.8, 4) is 11.5 Å². The Morgan fingerprint density at radius 3 is 2.59 bits per heavy atom. The van der Waals surface area contributed by atoms with Crippen LogP contribution in [0.1, 0.15) is 22.7 Å². The van der Waals surface area contributed by atoms with Crippen LogP contribution in [-0.4, -0.2) is 39.9 Å². The molecule has 2 aliphatic heterocycles. The molecule has 5 rings (SSSR count). The van der Waals surface area contributed by atoms with Crippen LogP contribution in [0, 0.1) is 0 Å². The molecule has 9 heteroatoms. The minimum atomic E-state index is -0.932. The number of carbonyl (C=O) groups excluding carboxylic acids is 2. The molecule has 3 heterocycles. The average molecular weight is 497 g/mol. The van der Waals surface area contributed by atoms with E-state index in [2.05, 4.69) is 4.98 Å². The number of ether oxygens (including phenoxy) is 2. The van der Waals surface area contributed by atoms with Crippen LogP contribution in [0.15, 0.2) is 66.5 Å². The molecule has 0 saturated carbocycles. The topological polar surface area (TPSA) is 89.0 Å². The Kier molecular flexibility index (Phi) is 5.89. The number of aliphatic hydroxyl groups is 1. The maximum atomic E-state index is 13.2. The third-order valence-corrected chi connectivity index (χ3v) is 6.25. The van der Waals surface area contributed by atoms with E-state index >= 15 is 0 Å². The number of nitrogens with zero attached hydrogens (tertiary/aromatic N) is 2. The maximum absolute atomic E-state index is 13.2. The molecule has 1 N–H and O–H groups in total. The van der Waals surface area contributed by atoms with E-state index in [0.29, 0.717) is 40.9 Å². The first kappa shape index (κ1) is 22.3. The van der Waals surface area contributed by atoms with Crippen LogP contribution in [0.25, 0.3) is 5.76 Å². The van der Waals surface area contributed by atoms with Gasteiger partial charge in [-0.2, -0.15) is 0 Å². The molecule has 1 atom stereocenters. The zero-order valence-electron chi connectivity index (χ0n) is 17.7. The number of likely N-dealkylation sites (tertiary alicyclic amines) is 1. The quantitative estimate of drug-likeness (QED) is 0.317. The van der Waals surface area contributed by atoms with Gasteiger partial charge in [0.15, 0.2) is 11.5 Å². The van der Waals surface area contributed by atoms with Crippen LogP contribution < -0.4 is 9.47 Å². The molecule has 1 saturated heterocycles. The molecule has 1 aromatic heterocycles. The van der Waals surface area contributed by atoms with Gasteiger partial charge in [0, 0.05) is 34.5 Å². The predicted molar refractivity (Wildman–Crippen MR) is 126 cm³/mol. The Balaban J connectivity index is 1.66. The molecule has 34 heavy (non-hydrogen) atoms. The normalized spacial score (nSPS) is 18.9. The first-order valence-corrected chi connectivity index (χ1v) is 11.2. The molecule has 0 aliphatic carbocycles. The molecule has 1 fully saturated rings. The summed E-state index contributed by atoms with van der Waals surface area (Å²) >= 11 is 12.6. The number of aliphatic hydroxyl groups excluding tert-OH is 1. The Labute approximate surface area is 205 Å². The number of hydrogen-bond donors (Lipinski definition) is 1. The number of ketones is 1. The fraction of sp³-hybridized carbons (Fsp3) is 0.160. The number of halogens is 2. The summed E-state index contributed by atoms with van der Waals surface area (Å²) in [6.07, 6.45) is 3.23. The largest absolute Gasteiger partial charge is 0.507 e. The van der Waals surface area contributed by atoms with E-state index in [1.807, 2.05) is 0 Å². The third-order valence-electron chi connectivity index (χ3n) is 5.69. The lowest BCUT2D eigenvalue weighted by molar-refractivity contribution is -0.140. The van der Waals surface area contributed by atoms with Crippen LogP contribution in [0.4, 0.5) is 0 Å². The predicted octanol–water partition coefficient (Wildman–Crippen LogP) is 4.78. The molecular formula is C25H18Cl2N2O5. The summed E-state index contributed by atoms with van der Waals surface area (Å²) in [5.74, 6) is -0.913. The SMILES string of the molecule is O=C1C(=O)N(Cc2cccnc2)[C@H](c2ccc(Cl)cc2Cl)C1=C(O)c1ccc2c(c1)OCCO2. The van der Waals surface area contributed by atoms with Gasteiger partial charge in [0.25, 0.3) is 11.7 Å². The highest BCUT2D eigenvalue weighted by Gasteiger charge is 2.46. The number of hydrogen-bond acceptors (Lipinski definition) is 6. The Morgan fingerprint density at radius 2 is 1.85 bits per heavy atom. The molecule has 172 valence electrons. The number of pyridine rings is 1. The standard InChI is InChI=1S/C25H18Cl2N2O5/c26-16-4-5-17(18(27)11-16)22-21(23(30)15-3-6-19-20(10-15)34-9-8-33-19)24(31)25(32)29(22)13-14-2-1-7-28-12-14/h1-7,10-12,22,30H,8-9,13H2/t22-/m1/s1. The zero-order valence-corrected chi connectivity index (χ0v) is 19.2. The van der Waals surface area contributed by atoms with Crippen molar-refractivity contribution in [2.24, 2.45) is 0 Å².